The van der Waals surface area contributed by atoms with Crippen molar-refractivity contribution in [3.8, 4) is 11.3 Å². The van der Waals surface area contributed by atoms with Crippen molar-refractivity contribution in [1.29, 1.82) is 0 Å². The zero-order valence-corrected chi connectivity index (χ0v) is 13.0. The van der Waals surface area contributed by atoms with E-state index < -0.39 is 6.09 Å². The summed E-state index contributed by atoms with van der Waals surface area (Å²) in [5.74, 6) is 0. The largest absolute Gasteiger partial charge is 0.445 e. The van der Waals surface area contributed by atoms with E-state index in [1.54, 1.807) is 42.2 Å². The van der Waals surface area contributed by atoms with Crippen LogP contribution in [0.25, 0.3) is 11.3 Å². The minimum Gasteiger partial charge on any atom is -0.445 e. The van der Waals surface area contributed by atoms with Crippen LogP contribution in [0.4, 0.5) is 4.79 Å². The Morgan fingerprint density at radius 2 is 2.13 bits per heavy atom. The first-order valence-corrected chi connectivity index (χ1v) is 7.89. The molecule has 3 rings (SSSR count). The van der Waals surface area contributed by atoms with Gasteiger partial charge in [-0.05, 0) is 17.5 Å². The van der Waals surface area contributed by atoms with Crippen LogP contribution in [0.15, 0.2) is 53.7 Å². The number of carbonyl (C=O) groups is 1. The monoisotopic (exact) mass is 326 g/mol. The van der Waals surface area contributed by atoms with E-state index >= 15 is 0 Å². The predicted molar refractivity (Wildman–Crippen MR) is 86.6 cm³/mol. The van der Waals surface area contributed by atoms with Gasteiger partial charge in [-0.15, -0.1) is 0 Å². The summed E-state index contributed by atoms with van der Waals surface area (Å²) in [4.78, 5) is 24.4. The Morgan fingerprint density at radius 1 is 1.22 bits per heavy atom. The zero-order valence-electron chi connectivity index (χ0n) is 12.2. The lowest BCUT2D eigenvalue weighted by Gasteiger charge is -2.08. The second kappa shape index (κ2) is 7.46. The van der Waals surface area contributed by atoms with E-state index in [0.29, 0.717) is 5.69 Å². The van der Waals surface area contributed by atoms with Gasteiger partial charge in [0.25, 0.3) is 0 Å². The summed E-state index contributed by atoms with van der Waals surface area (Å²) in [5, 5.41) is 6.66. The lowest BCUT2D eigenvalue weighted by atomic mass is 10.2. The van der Waals surface area contributed by atoms with Crippen molar-refractivity contribution in [3.63, 3.8) is 0 Å². The number of pyridine rings is 1. The second-order valence-corrected chi connectivity index (χ2v) is 5.43. The van der Waals surface area contributed by atoms with Crippen LogP contribution in [0.1, 0.15) is 11.3 Å². The van der Waals surface area contributed by atoms with Gasteiger partial charge in [0.05, 0.1) is 17.9 Å². The van der Waals surface area contributed by atoms with Gasteiger partial charge in [-0.3, -0.25) is 15.0 Å². The number of hydrogen-bond donors (Lipinski definition) is 1. The topological polar surface area (TPSA) is 77.0 Å². The minimum atomic E-state index is -0.504. The maximum atomic E-state index is 11.8. The zero-order chi connectivity index (χ0) is 15.9. The van der Waals surface area contributed by atoms with Crippen LogP contribution in [-0.4, -0.2) is 21.0 Å². The van der Waals surface area contributed by atoms with Crippen molar-refractivity contribution < 1.29 is 9.53 Å². The summed E-state index contributed by atoms with van der Waals surface area (Å²) in [7, 11) is 0. The third kappa shape index (κ3) is 4.10. The van der Waals surface area contributed by atoms with Crippen molar-refractivity contribution >= 4 is 17.4 Å². The van der Waals surface area contributed by atoms with Gasteiger partial charge in [0.1, 0.15) is 6.61 Å². The van der Waals surface area contributed by atoms with Crippen LogP contribution in [0.2, 0.25) is 0 Å². The maximum absolute atomic E-state index is 11.8. The Kier molecular flexibility index (Phi) is 4.90. The quantitative estimate of drug-likeness (QED) is 0.780. The van der Waals surface area contributed by atoms with Crippen LogP contribution < -0.4 is 5.32 Å². The molecule has 7 heteroatoms. The summed E-state index contributed by atoms with van der Waals surface area (Å²) < 4.78 is 5.14. The molecule has 116 valence electrons. The number of alkyl carbamates (subject to hydrolysis) is 1. The summed E-state index contributed by atoms with van der Waals surface area (Å²) in [6, 6.07) is 5.61. The third-order valence-corrected chi connectivity index (χ3v) is 3.74. The number of carbonyl (C=O) groups excluding carboxylic acids is 1. The fraction of sp³-hybridized carbons (Fsp3) is 0.125. The summed E-state index contributed by atoms with van der Waals surface area (Å²) >= 11 is 1.59. The first-order valence-electron chi connectivity index (χ1n) is 6.95. The normalized spacial score (nSPS) is 10.3. The molecule has 6 nitrogen and oxygen atoms in total. The average molecular weight is 326 g/mol. The van der Waals surface area contributed by atoms with E-state index in [1.807, 2.05) is 22.9 Å². The molecule has 1 amide bonds. The molecule has 0 aliphatic carbocycles. The standard InChI is InChI=1S/C16H14N4O2S/c21-16(22-10-12-2-1-4-17-8-12)20-9-14-15(19-6-5-18-14)13-3-7-23-11-13/h1-8,11H,9-10H2,(H,20,21). The van der Waals surface area contributed by atoms with E-state index in [-0.39, 0.29) is 13.2 Å². The van der Waals surface area contributed by atoms with Crippen molar-refractivity contribution in [1.82, 2.24) is 20.3 Å². The molecule has 0 radical (unpaired) electrons. The smallest absolute Gasteiger partial charge is 0.407 e. The van der Waals surface area contributed by atoms with E-state index in [2.05, 4.69) is 20.3 Å². The van der Waals surface area contributed by atoms with Crippen LogP contribution >= 0.6 is 11.3 Å². The highest BCUT2D eigenvalue weighted by atomic mass is 32.1. The molecular formula is C16H14N4O2S. The van der Waals surface area contributed by atoms with Gasteiger partial charge in [-0.1, -0.05) is 6.07 Å². The minimum absolute atomic E-state index is 0.178. The predicted octanol–water partition coefficient (Wildman–Crippen LogP) is 3.03. The van der Waals surface area contributed by atoms with Gasteiger partial charge in [0, 0.05) is 41.3 Å². The molecule has 0 bridgehead atoms. The number of thiophene rings is 1. The van der Waals surface area contributed by atoms with Gasteiger partial charge in [-0.25, -0.2) is 4.79 Å². The molecule has 0 aliphatic rings. The Balaban J connectivity index is 1.57. The molecule has 3 heterocycles. The number of nitrogens with zero attached hydrogens (tertiary/aromatic N) is 3. The fourth-order valence-corrected chi connectivity index (χ4v) is 2.62. The van der Waals surface area contributed by atoms with E-state index in [9.17, 15) is 4.79 Å². The summed E-state index contributed by atoms with van der Waals surface area (Å²) in [6.45, 7) is 0.433. The molecular weight excluding hydrogens is 312 g/mol. The molecule has 3 aromatic rings. The molecule has 0 unspecified atom stereocenters. The summed E-state index contributed by atoms with van der Waals surface area (Å²) in [5.41, 5.74) is 3.29. The van der Waals surface area contributed by atoms with Crippen molar-refractivity contribution in [2.45, 2.75) is 13.2 Å². The highest BCUT2D eigenvalue weighted by Crippen LogP contribution is 2.22. The molecule has 0 spiro atoms. The Morgan fingerprint density at radius 3 is 2.91 bits per heavy atom. The average Bonchev–Trinajstić information content (AvgIpc) is 3.14. The van der Waals surface area contributed by atoms with Gasteiger partial charge in [0.2, 0.25) is 0 Å². The second-order valence-electron chi connectivity index (χ2n) is 4.65. The molecule has 3 aromatic heterocycles. The van der Waals surface area contributed by atoms with E-state index in [1.165, 1.54) is 0 Å². The highest BCUT2D eigenvalue weighted by molar-refractivity contribution is 7.08. The first-order chi connectivity index (χ1) is 11.3. The SMILES string of the molecule is O=C(NCc1nccnc1-c1ccsc1)OCc1cccnc1. The Bertz CT molecular complexity index is 763. The molecule has 0 atom stereocenters. The number of nitrogens with one attached hydrogen (secondary N) is 1. The molecule has 0 aliphatic heterocycles. The lowest BCUT2D eigenvalue weighted by molar-refractivity contribution is 0.139. The number of aromatic nitrogens is 3. The van der Waals surface area contributed by atoms with Crippen LogP contribution in [0.3, 0.4) is 0 Å². The molecule has 0 aromatic carbocycles. The summed E-state index contributed by atoms with van der Waals surface area (Å²) in [6.07, 6.45) is 6.06. The third-order valence-electron chi connectivity index (χ3n) is 3.06. The van der Waals surface area contributed by atoms with Gasteiger partial charge < -0.3 is 10.1 Å². The molecule has 0 fully saturated rings. The van der Waals surface area contributed by atoms with Crippen molar-refractivity contribution in [2.24, 2.45) is 0 Å². The van der Waals surface area contributed by atoms with Gasteiger partial charge >= 0.3 is 6.09 Å². The van der Waals surface area contributed by atoms with Crippen LogP contribution in [0, 0.1) is 0 Å². The Hall–Kier alpha value is -2.80. The molecule has 0 saturated heterocycles. The number of hydrogen-bond acceptors (Lipinski definition) is 6. The lowest BCUT2D eigenvalue weighted by Crippen LogP contribution is -2.24. The molecule has 0 saturated carbocycles. The fourth-order valence-electron chi connectivity index (χ4n) is 1.98. The van der Waals surface area contributed by atoms with Crippen molar-refractivity contribution in [3.05, 3.63) is 65.0 Å². The van der Waals surface area contributed by atoms with Crippen LogP contribution in [-0.2, 0) is 17.9 Å². The molecule has 1 N–H and O–H groups in total. The van der Waals surface area contributed by atoms with E-state index in [4.69, 9.17) is 4.74 Å². The number of amides is 1. The number of rotatable bonds is 5. The van der Waals surface area contributed by atoms with Gasteiger partial charge in [0.15, 0.2) is 0 Å². The van der Waals surface area contributed by atoms with Crippen molar-refractivity contribution in [2.75, 3.05) is 0 Å². The highest BCUT2D eigenvalue weighted by Gasteiger charge is 2.10. The first kappa shape index (κ1) is 15.1. The maximum Gasteiger partial charge on any atom is 0.407 e. The van der Waals surface area contributed by atoms with E-state index in [0.717, 1.165) is 16.8 Å². The van der Waals surface area contributed by atoms with Crippen LogP contribution in [0.5, 0.6) is 0 Å². The molecule has 23 heavy (non-hydrogen) atoms. The van der Waals surface area contributed by atoms with Gasteiger partial charge in [-0.2, -0.15) is 11.3 Å². The Labute approximate surface area is 137 Å². The number of ether oxygens (including phenoxy) is 1.